The normalized spacial score (nSPS) is 14.5. The zero-order valence-corrected chi connectivity index (χ0v) is 11.8. The lowest BCUT2D eigenvalue weighted by Gasteiger charge is -2.17. The molecule has 0 saturated carbocycles. The Kier molecular flexibility index (Phi) is 3.98. The second kappa shape index (κ2) is 6.07. The first kappa shape index (κ1) is 14.4. The predicted octanol–water partition coefficient (Wildman–Crippen LogP) is 3.39. The topological polar surface area (TPSA) is 59.4 Å². The second-order valence-electron chi connectivity index (χ2n) is 4.92. The maximum atomic E-state index is 14.0. The van der Waals surface area contributed by atoms with Crippen LogP contribution in [0.3, 0.4) is 0 Å². The molecule has 1 N–H and O–H groups in total. The number of hydrogen-bond donors (Lipinski definition) is 1. The van der Waals surface area contributed by atoms with Crippen molar-refractivity contribution in [3.8, 4) is 11.1 Å². The molecule has 3 rings (SSSR count). The molecule has 5 heteroatoms. The van der Waals surface area contributed by atoms with Crippen molar-refractivity contribution >= 4 is 11.5 Å². The number of nitrogens with zero attached hydrogens (tertiary/aromatic N) is 1. The van der Waals surface area contributed by atoms with E-state index < -0.39 is 11.8 Å². The fraction of sp³-hybridized carbons (Fsp3) is 0.176. The molecule has 1 aromatic carbocycles. The third-order valence-corrected chi connectivity index (χ3v) is 3.60. The molecule has 2 aromatic rings. The molecule has 2 heterocycles. The van der Waals surface area contributed by atoms with Gasteiger partial charge >= 0.3 is 5.97 Å². The van der Waals surface area contributed by atoms with Crippen molar-refractivity contribution in [2.45, 2.75) is 6.42 Å². The van der Waals surface area contributed by atoms with E-state index in [1.54, 1.807) is 18.2 Å². The molecule has 0 radical (unpaired) electrons. The van der Waals surface area contributed by atoms with Crippen molar-refractivity contribution in [3.05, 3.63) is 59.7 Å². The van der Waals surface area contributed by atoms with Gasteiger partial charge in [0.25, 0.3) is 0 Å². The number of pyridine rings is 1. The number of carbonyl (C=O) groups is 1. The van der Waals surface area contributed by atoms with E-state index >= 15 is 0 Å². The number of aromatic carboxylic acids is 1. The number of halogens is 1. The molecule has 1 aliphatic rings. The predicted molar refractivity (Wildman–Crippen MR) is 80.0 cm³/mol. The first-order chi connectivity index (χ1) is 10.7. The van der Waals surface area contributed by atoms with E-state index in [1.165, 1.54) is 18.3 Å². The molecular weight excluding hydrogens is 285 g/mol. The van der Waals surface area contributed by atoms with Crippen LogP contribution in [0.4, 0.5) is 4.39 Å². The van der Waals surface area contributed by atoms with Gasteiger partial charge in [0, 0.05) is 17.3 Å². The van der Waals surface area contributed by atoms with Crippen LogP contribution >= 0.6 is 0 Å². The molecule has 1 aliphatic heterocycles. The molecule has 0 bridgehead atoms. The molecule has 112 valence electrons. The van der Waals surface area contributed by atoms with E-state index in [9.17, 15) is 14.3 Å². The molecular formula is C17H14FNO3. The van der Waals surface area contributed by atoms with Gasteiger partial charge in [-0.15, -0.1) is 0 Å². The van der Waals surface area contributed by atoms with Crippen LogP contribution in [-0.2, 0) is 4.74 Å². The van der Waals surface area contributed by atoms with Crippen molar-refractivity contribution in [2.75, 3.05) is 13.2 Å². The smallest absolute Gasteiger partial charge is 0.338 e. The Bertz CT molecular complexity index is 755. The number of aromatic nitrogens is 1. The number of carboxylic acids is 1. The minimum atomic E-state index is -1.12. The van der Waals surface area contributed by atoms with Gasteiger partial charge in [-0.05, 0) is 24.1 Å². The van der Waals surface area contributed by atoms with Gasteiger partial charge in [-0.25, -0.2) is 9.18 Å². The maximum absolute atomic E-state index is 14.0. The van der Waals surface area contributed by atoms with Crippen LogP contribution < -0.4 is 0 Å². The zero-order chi connectivity index (χ0) is 15.5. The highest BCUT2D eigenvalue weighted by atomic mass is 19.1. The van der Waals surface area contributed by atoms with Gasteiger partial charge in [0.15, 0.2) is 0 Å². The first-order valence-electron chi connectivity index (χ1n) is 6.93. The zero-order valence-electron chi connectivity index (χ0n) is 11.8. The van der Waals surface area contributed by atoms with Crippen molar-refractivity contribution in [1.82, 2.24) is 4.98 Å². The van der Waals surface area contributed by atoms with Gasteiger partial charge in [-0.2, -0.15) is 0 Å². The number of benzene rings is 1. The number of carboxylic acid groups (broad SMARTS) is 1. The quantitative estimate of drug-likeness (QED) is 0.943. The maximum Gasteiger partial charge on any atom is 0.338 e. The van der Waals surface area contributed by atoms with Gasteiger partial charge in [-0.1, -0.05) is 24.3 Å². The monoisotopic (exact) mass is 299 g/mol. The van der Waals surface area contributed by atoms with Crippen LogP contribution in [0, 0.1) is 5.82 Å². The minimum Gasteiger partial charge on any atom is -0.478 e. The SMILES string of the molecule is O=C(O)c1c(-c2ccccc2F)ccnc1C1=CCOCC1. The number of ether oxygens (including phenoxy) is 1. The minimum absolute atomic E-state index is 0.0285. The highest BCUT2D eigenvalue weighted by molar-refractivity contribution is 6.00. The molecule has 0 spiro atoms. The molecule has 0 aliphatic carbocycles. The largest absolute Gasteiger partial charge is 0.478 e. The molecule has 4 nitrogen and oxygen atoms in total. The van der Waals surface area contributed by atoms with Gasteiger partial charge in [0.05, 0.1) is 24.5 Å². The standard InChI is InChI=1S/C17H14FNO3/c18-14-4-2-1-3-12(14)13-5-8-19-16(15(13)17(20)21)11-6-9-22-10-7-11/h1-6,8H,7,9-10H2,(H,20,21). The van der Waals surface area contributed by atoms with Crippen LogP contribution in [-0.4, -0.2) is 29.3 Å². The van der Waals surface area contributed by atoms with Gasteiger partial charge in [0.1, 0.15) is 5.82 Å². The Morgan fingerprint density at radius 2 is 2.05 bits per heavy atom. The van der Waals surface area contributed by atoms with Crippen molar-refractivity contribution < 1.29 is 19.0 Å². The molecule has 0 atom stereocenters. The highest BCUT2D eigenvalue weighted by Gasteiger charge is 2.22. The van der Waals surface area contributed by atoms with E-state index in [1.807, 2.05) is 6.08 Å². The molecule has 1 aromatic heterocycles. The summed E-state index contributed by atoms with van der Waals surface area (Å²) in [5, 5.41) is 9.61. The van der Waals surface area contributed by atoms with E-state index in [4.69, 9.17) is 4.74 Å². The lowest BCUT2D eigenvalue weighted by atomic mass is 9.94. The summed E-state index contributed by atoms with van der Waals surface area (Å²) in [6, 6.07) is 7.67. The van der Waals surface area contributed by atoms with Crippen molar-refractivity contribution in [2.24, 2.45) is 0 Å². The van der Waals surface area contributed by atoms with Crippen LogP contribution in [0.1, 0.15) is 22.5 Å². The fourth-order valence-corrected chi connectivity index (χ4v) is 2.57. The second-order valence-corrected chi connectivity index (χ2v) is 4.92. The Morgan fingerprint density at radius 3 is 2.73 bits per heavy atom. The molecule has 22 heavy (non-hydrogen) atoms. The Morgan fingerprint density at radius 1 is 1.23 bits per heavy atom. The van der Waals surface area contributed by atoms with E-state index in [0.717, 1.165) is 5.57 Å². The average Bonchev–Trinajstić information content (AvgIpc) is 2.55. The van der Waals surface area contributed by atoms with Crippen LogP contribution in [0.5, 0.6) is 0 Å². The van der Waals surface area contributed by atoms with E-state index in [-0.39, 0.29) is 11.1 Å². The summed E-state index contributed by atoms with van der Waals surface area (Å²) in [5.41, 5.74) is 1.83. The lowest BCUT2D eigenvalue weighted by Crippen LogP contribution is -2.11. The Hall–Kier alpha value is -2.53. The molecule has 0 fully saturated rings. The first-order valence-corrected chi connectivity index (χ1v) is 6.93. The van der Waals surface area contributed by atoms with Crippen LogP contribution in [0.15, 0.2) is 42.6 Å². The summed E-state index contributed by atoms with van der Waals surface area (Å²) < 4.78 is 19.3. The Balaban J connectivity index is 2.22. The van der Waals surface area contributed by atoms with Crippen molar-refractivity contribution in [1.29, 1.82) is 0 Å². The molecule has 0 saturated heterocycles. The van der Waals surface area contributed by atoms with Crippen LogP contribution in [0.2, 0.25) is 0 Å². The molecule has 0 amide bonds. The average molecular weight is 299 g/mol. The lowest BCUT2D eigenvalue weighted by molar-refractivity contribution is 0.0696. The van der Waals surface area contributed by atoms with E-state index in [2.05, 4.69) is 4.98 Å². The van der Waals surface area contributed by atoms with Gasteiger partial charge in [-0.3, -0.25) is 4.98 Å². The summed E-state index contributed by atoms with van der Waals surface area (Å²) in [6.45, 7) is 0.955. The third kappa shape index (κ3) is 2.63. The number of rotatable bonds is 3. The van der Waals surface area contributed by atoms with Crippen molar-refractivity contribution in [3.63, 3.8) is 0 Å². The van der Waals surface area contributed by atoms with Crippen LogP contribution in [0.25, 0.3) is 16.7 Å². The summed E-state index contributed by atoms with van der Waals surface area (Å²) in [7, 11) is 0. The number of hydrogen-bond acceptors (Lipinski definition) is 3. The summed E-state index contributed by atoms with van der Waals surface area (Å²) in [4.78, 5) is 16.0. The summed E-state index contributed by atoms with van der Waals surface area (Å²) in [5.74, 6) is -1.57. The van der Waals surface area contributed by atoms with Gasteiger partial charge in [0.2, 0.25) is 0 Å². The summed E-state index contributed by atoms with van der Waals surface area (Å²) in [6.07, 6.45) is 3.93. The van der Waals surface area contributed by atoms with Gasteiger partial charge < -0.3 is 9.84 Å². The third-order valence-electron chi connectivity index (χ3n) is 3.60. The summed E-state index contributed by atoms with van der Waals surface area (Å²) >= 11 is 0. The molecule has 0 unspecified atom stereocenters. The highest BCUT2D eigenvalue weighted by Crippen LogP contribution is 2.32. The Labute approximate surface area is 126 Å². The van der Waals surface area contributed by atoms with E-state index in [0.29, 0.717) is 30.9 Å². The fourth-order valence-electron chi connectivity index (χ4n) is 2.57.